The molecule has 2 aliphatic heterocycles. The van der Waals surface area contributed by atoms with Crippen molar-refractivity contribution >= 4 is 11.9 Å². The summed E-state index contributed by atoms with van der Waals surface area (Å²) in [6, 6.07) is 3.60. The highest BCUT2D eigenvalue weighted by atomic mass is 19.1. The van der Waals surface area contributed by atoms with Crippen molar-refractivity contribution in [1.82, 2.24) is 15.3 Å². The fraction of sp³-hybridized carbons (Fsp3) is 0.438. The molecule has 1 amide bonds. The highest BCUT2D eigenvalue weighted by Crippen LogP contribution is 2.35. The summed E-state index contributed by atoms with van der Waals surface area (Å²) in [4.78, 5) is 22.4. The summed E-state index contributed by atoms with van der Waals surface area (Å²) in [5.74, 6) is 0.534. The maximum Gasteiger partial charge on any atom is 0.226 e. The maximum atomic E-state index is 12.9. The molecule has 0 aromatic carbocycles. The summed E-state index contributed by atoms with van der Waals surface area (Å²) in [5, 5.41) is 2.89. The Morgan fingerprint density at radius 2 is 2.21 bits per heavy atom. The molecule has 0 radical (unpaired) electrons. The number of aromatic nitrogens is 2. The van der Waals surface area contributed by atoms with Gasteiger partial charge in [-0.25, -0.2) is 14.4 Å². The Morgan fingerprint density at radius 1 is 1.38 bits per heavy atom. The zero-order valence-electron chi connectivity index (χ0n) is 12.9. The van der Waals surface area contributed by atoms with Crippen molar-refractivity contribution in [2.75, 3.05) is 24.6 Å². The quantitative estimate of drug-likeness (QED) is 0.899. The van der Waals surface area contributed by atoms with Crippen LogP contribution in [0, 0.1) is 17.7 Å². The predicted octanol–water partition coefficient (Wildman–Crippen LogP) is 0.976. The lowest BCUT2D eigenvalue weighted by Crippen LogP contribution is -2.36. The molecule has 0 saturated carbocycles. The number of fused-ring (bicyclic) bond motifs is 1. The summed E-state index contributed by atoms with van der Waals surface area (Å²) in [6.45, 7) is 2.01. The fourth-order valence-electron chi connectivity index (χ4n) is 3.33. The molecule has 0 bridgehead atoms. The van der Waals surface area contributed by atoms with E-state index >= 15 is 0 Å². The Hall–Kier alpha value is -2.48. The first kappa shape index (κ1) is 15.1. The molecule has 7 nitrogen and oxygen atoms in total. The molecule has 0 unspecified atom stereocenters. The lowest BCUT2D eigenvalue weighted by atomic mass is 9.92. The molecule has 2 fully saturated rings. The molecular weight excluding hydrogens is 315 g/mol. The van der Waals surface area contributed by atoms with E-state index in [0.29, 0.717) is 37.9 Å². The first-order chi connectivity index (χ1) is 11.7. The van der Waals surface area contributed by atoms with Crippen molar-refractivity contribution in [2.24, 2.45) is 11.8 Å². The average Bonchev–Trinajstić information content (AvgIpc) is 3.30. The van der Waals surface area contributed by atoms with Crippen molar-refractivity contribution in [2.45, 2.75) is 12.6 Å². The molecule has 4 heterocycles. The lowest BCUT2D eigenvalue weighted by Gasteiger charge is -2.19. The smallest absolute Gasteiger partial charge is 0.226 e. The summed E-state index contributed by atoms with van der Waals surface area (Å²) in [6.07, 6.45) is 3.83. The van der Waals surface area contributed by atoms with E-state index in [1.54, 1.807) is 12.3 Å². The molecule has 2 aromatic heterocycles. The van der Waals surface area contributed by atoms with Gasteiger partial charge in [0.15, 0.2) is 5.82 Å². The number of amides is 1. The van der Waals surface area contributed by atoms with Crippen LogP contribution in [0.4, 0.5) is 10.3 Å². The van der Waals surface area contributed by atoms with E-state index in [1.165, 1.54) is 0 Å². The number of rotatable bonds is 4. The Kier molecular flexibility index (Phi) is 3.89. The van der Waals surface area contributed by atoms with Crippen molar-refractivity contribution in [3.05, 3.63) is 42.4 Å². The van der Waals surface area contributed by atoms with Crippen LogP contribution in [0.3, 0.4) is 0 Å². The summed E-state index contributed by atoms with van der Waals surface area (Å²) in [7, 11) is 0. The van der Waals surface area contributed by atoms with Crippen LogP contribution in [-0.2, 0) is 16.1 Å². The zero-order valence-corrected chi connectivity index (χ0v) is 12.9. The van der Waals surface area contributed by atoms with Gasteiger partial charge in [0, 0.05) is 19.0 Å². The molecule has 0 spiro atoms. The van der Waals surface area contributed by atoms with Crippen LogP contribution in [-0.4, -0.2) is 41.7 Å². The normalized spacial score (nSPS) is 25.7. The van der Waals surface area contributed by atoms with E-state index in [1.807, 2.05) is 11.0 Å². The highest BCUT2D eigenvalue weighted by Gasteiger charge is 2.47. The van der Waals surface area contributed by atoms with Crippen LogP contribution in [0.1, 0.15) is 5.76 Å². The van der Waals surface area contributed by atoms with E-state index in [9.17, 15) is 9.18 Å². The summed E-state index contributed by atoms with van der Waals surface area (Å²) >= 11 is 0. The molecule has 3 atom stereocenters. The second kappa shape index (κ2) is 6.20. The van der Waals surface area contributed by atoms with Crippen molar-refractivity contribution < 1.29 is 18.3 Å². The number of halogens is 1. The van der Waals surface area contributed by atoms with Crippen LogP contribution in [0.2, 0.25) is 0 Å². The third kappa shape index (κ3) is 2.84. The largest absolute Gasteiger partial charge is 0.467 e. The molecule has 2 saturated heterocycles. The van der Waals surface area contributed by atoms with Gasteiger partial charge in [-0.3, -0.25) is 4.79 Å². The molecule has 24 heavy (non-hydrogen) atoms. The zero-order chi connectivity index (χ0) is 16.5. The molecule has 4 rings (SSSR count). The molecule has 126 valence electrons. The Labute approximate surface area is 137 Å². The fourth-order valence-corrected chi connectivity index (χ4v) is 3.33. The van der Waals surface area contributed by atoms with Crippen LogP contribution in [0.25, 0.3) is 0 Å². The molecule has 1 N–H and O–H groups in total. The first-order valence-corrected chi connectivity index (χ1v) is 7.85. The minimum Gasteiger partial charge on any atom is -0.467 e. The molecule has 2 aromatic rings. The number of carbonyl (C=O) groups excluding carboxylic acids is 1. The predicted molar refractivity (Wildman–Crippen MR) is 81.5 cm³/mol. The second-order valence-electron chi connectivity index (χ2n) is 6.05. The number of hydrogen-bond donors (Lipinski definition) is 1. The minimum absolute atomic E-state index is 0.0296. The highest BCUT2D eigenvalue weighted by molar-refractivity contribution is 5.79. The number of hydrogen-bond acceptors (Lipinski definition) is 6. The maximum absolute atomic E-state index is 12.9. The van der Waals surface area contributed by atoms with Crippen LogP contribution in [0.5, 0.6) is 0 Å². The minimum atomic E-state index is -0.468. The number of nitrogens with zero attached hydrogens (tertiary/aromatic N) is 3. The number of carbonyl (C=O) groups is 1. The molecular formula is C16H17FN4O3. The van der Waals surface area contributed by atoms with E-state index in [0.717, 1.165) is 12.4 Å². The van der Waals surface area contributed by atoms with Gasteiger partial charge >= 0.3 is 0 Å². The average molecular weight is 332 g/mol. The first-order valence-electron chi connectivity index (χ1n) is 7.85. The number of ether oxygens (including phenoxy) is 1. The SMILES string of the molecule is O=C(NCc1ccco1)[C@H]1CO[C@@H]2CN(c3ncc(F)cn3)C[C@H]12. The van der Waals surface area contributed by atoms with Gasteiger partial charge in [-0.15, -0.1) is 0 Å². The summed E-state index contributed by atoms with van der Waals surface area (Å²) < 4.78 is 23.9. The standard InChI is InChI=1S/C16H17FN4O3/c17-10-4-19-16(20-5-10)21-7-12-13(9-24-14(12)8-21)15(22)18-6-11-2-1-3-23-11/h1-5,12-14H,6-9H2,(H,18,22)/t12-,13+,14-/m1/s1. The third-order valence-corrected chi connectivity index (χ3v) is 4.56. The number of nitrogens with one attached hydrogen (secondary N) is 1. The van der Waals surface area contributed by atoms with Gasteiger partial charge < -0.3 is 19.4 Å². The van der Waals surface area contributed by atoms with Crippen LogP contribution >= 0.6 is 0 Å². The van der Waals surface area contributed by atoms with E-state index in [4.69, 9.17) is 9.15 Å². The number of furan rings is 1. The molecule has 8 heteroatoms. The molecule has 0 aliphatic carbocycles. The lowest BCUT2D eigenvalue weighted by molar-refractivity contribution is -0.126. The van der Waals surface area contributed by atoms with Crippen LogP contribution in [0.15, 0.2) is 35.2 Å². The Balaban J connectivity index is 1.38. The van der Waals surface area contributed by atoms with Gasteiger partial charge in [0.25, 0.3) is 0 Å². The van der Waals surface area contributed by atoms with Crippen LogP contribution < -0.4 is 10.2 Å². The Morgan fingerprint density at radius 3 is 2.96 bits per heavy atom. The van der Waals surface area contributed by atoms with E-state index < -0.39 is 5.82 Å². The van der Waals surface area contributed by atoms with Gasteiger partial charge in [0.05, 0.1) is 43.8 Å². The van der Waals surface area contributed by atoms with Crippen molar-refractivity contribution in [3.8, 4) is 0 Å². The van der Waals surface area contributed by atoms with Gasteiger partial charge in [0.2, 0.25) is 11.9 Å². The van der Waals surface area contributed by atoms with Gasteiger partial charge in [-0.05, 0) is 12.1 Å². The van der Waals surface area contributed by atoms with Gasteiger partial charge in [-0.1, -0.05) is 0 Å². The second-order valence-corrected chi connectivity index (χ2v) is 6.05. The van der Waals surface area contributed by atoms with E-state index in [-0.39, 0.29) is 23.8 Å². The van der Waals surface area contributed by atoms with Gasteiger partial charge in [-0.2, -0.15) is 0 Å². The monoisotopic (exact) mass is 332 g/mol. The van der Waals surface area contributed by atoms with Crippen molar-refractivity contribution in [3.63, 3.8) is 0 Å². The molecule has 2 aliphatic rings. The van der Waals surface area contributed by atoms with Gasteiger partial charge in [0.1, 0.15) is 5.76 Å². The number of anilines is 1. The topological polar surface area (TPSA) is 80.5 Å². The van der Waals surface area contributed by atoms with Crippen molar-refractivity contribution in [1.29, 1.82) is 0 Å². The van der Waals surface area contributed by atoms with E-state index in [2.05, 4.69) is 15.3 Å². The third-order valence-electron chi connectivity index (χ3n) is 4.56. The summed E-state index contributed by atoms with van der Waals surface area (Å²) in [5.41, 5.74) is 0. The Bertz CT molecular complexity index is 707.